The van der Waals surface area contributed by atoms with Crippen LogP contribution in [-0.2, 0) is 10.0 Å². The quantitative estimate of drug-likeness (QED) is 0.833. The second-order valence-corrected chi connectivity index (χ2v) is 6.69. The van der Waals surface area contributed by atoms with Gasteiger partial charge in [-0.15, -0.1) is 0 Å². The van der Waals surface area contributed by atoms with Crippen LogP contribution >= 0.6 is 23.2 Å². The van der Waals surface area contributed by atoms with Crippen LogP contribution in [0.1, 0.15) is 5.56 Å². The maximum atomic E-state index is 12.3. The van der Waals surface area contributed by atoms with Crippen LogP contribution in [-0.4, -0.2) is 8.42 Å². The summed E-state index contributed by atoms with van der Waals surface area (Å²) in [7, 11) is -4.02. The van der Waals surface area contributed by atoms with Gasteiger partial charge in [0.2, 0.25) is 0 Å². The molecule has 0 amide bonds. The van der Waals surface area contributed by atoms with Gasteiger partial charge in [0.25, 0.3) is 10.0 Å². The van der Waals surface area contributed by atoms with E-state index in [4.69, 9.17) is 28.5 Å². The molecule has 0 atom stereocenters. The Kier molecular flexibility index (Phi) is 5.09. The molecule has 0 spiro atoms. The number of nitrogens with one attached hydrogen (secondary N) is 1. The van der Waals surface area contributed by atoms with Crippen molar-refractivity contribution in [2.75, 3.05) is 4.72 Å². The number of hydrogen-bond acceptors (Lipinski definition) is 3. The summed E-state index contributed by atoms with van der Waals surface area (Å²) in [6.45, 7) is 0. The van der Waals surface area contributed by atoms with Crippen LogP contribution < -0.4 is 4.72 Å². The number of sulfonamides is 1. The molecule has 1 N–H and O–H groups in total. The van der Waals surface area contributed by atoms with Gasteiger partial charge >= 0.3 is 0 Å². The molecule has 7 heteroatoms. The molecule has 4 nitrogen and oxygen atoms in total. The number of anilines is 1. The number of halogens is 2. The number of rotatable bonds is 4. The first-order valence-corrected chi connectivity index (χ1v) is 8.31. The summed E-state index contributed by atoms with van der Waals surface area (Å²) in [6, 6.07) is 14.7. The van der Waals surface area contributed by atoms with Gasteiger partial charge in [0, 0.05) is 21.3 Å². The first kappa shape index (κ1) is 16.4. The zero-order valence-corrected chi connectivity index (χ0v) is 13.5. The van der Waals surface area contributed by atoms with Gasteiger partial charge < -0.3 is 0 Å². The highest BCUT2D eigenvalue weighted by Gasteiger charge is 2.19. The van der Waals surface area contributed by atoms with E-state index in [0.717, 1.165) is 6.08 Å². The molecule has 0 aliphatic heterocycles. The van der Waals surface area contributed by atoms with Gasteiger partial charge in [-0.1, -0.05) is 47.5 Å². The molecule has 0 aliphatic rings. The molecule has 0 heterocycles. The smallest absolute Gasteiger partial charge is 0.272 e. The van der Waals surface area contributed by atoms with Crippen LogP contribution in [0.3, 0.4) is 0 Å². The van der Waals surface area contributed by atoms with Gasteiger partial charge in [0.05, 0.1) is 0 Å². The van der Waals surface area contributed by atoms with E-state index in [2.05, 4.69) is 4.72 Å². The third-order valence-corrected chi connectivity index (χ3v) is 4.65. The average Bonchev–Trinajstić information content (AvgIpc) is 2.47. The Hall–Kier alpha value is -2.00. The number of nitrogens with zero attached hydrogens (tertiary/aromatic N) is 1. The van der Waals surface area contributed by atoms with E-state index in [1.165, 1.54) is 0 Å². The van der Waals surface area contributed by atoms with Crippen molar-refractivity contribution in [3.8, 4) is 6.07 Å². The van der Waals surface area contributed by atoms with E-state index >= 15 is 0 Å². The van der Waals surface area contributed by atoms with Crippen molar-refractivity contribution in [3.05, 3.63) is 69.0 Å². The van der Waals surface area contributed by atoms with Crippen molar-refractivity contribution in [2.24, 2.45) is 0 Å². The molecule has 0 unspecified atom stereocenters. The lowest BCUT2D eigenvalue weighted by Gasteiger charge is -2.07. The minimum Gasteiger partial charge on any atom is -0.279 e. The highest BCUT2D eigenvalue weighted by atomic mass is 35.5. The molecule has 2 aromatic carbocycles. The minimum atomic E-state index is -4.02. The molecule has 2 aromatic rings. The fraction of sp³-hybridized carbons (Fsp3) is 0. The van der Waals surface area contributed by atoms with E-state index in [1.54, 1.807) is 54.6 Å². The van der Waals surface area contributed by atoms with Crippen LogP contribution in [0.15, 0.2) is 53.4 Å². The molecule has 0 fully saturated rings. The van der Waals surface area contributed by atoms with E-state index < -0.39 is 14.9 Å². The highest BCUT2D eigenvalue weighted by Crippen LogP contribution is 2.28. The molecular formula is C15H10Cl2N2O2S. The Labute approximate surface area is 138 Å². The Morgan fingerprint density at radius 1 is 1.05 bits per heavy atom. The number of para-hydroxylation sites is 1. The Bertz CT molecular complexity index is 837. The lowest BCUT2D eigenvalue weighted by atomic mass is 10.2. The molecular weight excluding hydrogens is 343 g/mol. The molecule has 0 bridgehead atoms. The maximum absolute atomic E-state index is 12.3. The standard InChI is InChI=1S/C15H10Cl2N2O2S/c16-14-7-4-8-15(17)13(14)9-12(10-18)22(20,21)19-11-5-2-1-3-6-11/h1-9,19H/b12-9+. The first-order chi connectivity index (χ1) is 10.4. The van der Waals surface area contributed by atoms with Crippen LogP contribution in [0.4, 0.5) is 5.69 Å². The lowest BCUT2D eigenvalue weighted by molar-refractivity contribution is 0.608. The fourth-order valence-corrected chi connectivity index (χ4v) is 3.12. The van der Waals surface area contributed by atoms with Crippen molar-refractivity contribution in [1.29, 1.82) is 5.26 Å². The van der Waals surface area contributed by atoms with Crippen LogP contribution in [0.2, 0.25) is 10.0 Å². The highest BCUT2D eigenvalue weighted by molar-refractivity contribution is 7.96. The lowest BCUT2D eigenvalue weighted by Crippen LogP contribution is -2.14. The Balaban J connectivity index is 2.43. The van der Waals surface area contributed by atoms with Gasteiger partial charge in [0.1, 0.15) is 6.07 Å². The molecule has 0 aliphatic carbocycles. The van der Waals surface area contributed by atoms with Crippen molar-refractivity contribution >= 4 is 45.0 Å². The number of hydrogen-bond donors (Lipinski definition) is 1. The zero-order chi connectivity index (χ0) is 16.2. The average molecular weight is 353 g/mol. The minimum absolute atomic E-state index is 0.259. The van der Waals surface area contributed by atoms with Crippen molar-refractivity contribution in [1.82, 2.24) is 0 Å². The topological polar surface area (TPSA) is 70.0 Å². The molecule has 0 saturated heterocycles. The van der Waals surface area contributed by atoms with Crippen molar-refractivity contribution in [3.63, 3.8) is 0 Å². The van der Waals surface area contributed by atoms with E-state index in [9.17, 15) is 8.42 Å². The van der Waals surface area contributed by atoms with Crippen LogP contribution in [0, 0.1) is 11.3 Å². The monoisotopic (exact) mass is 352 g/mol. The molecule has 0 radical (unpaired) electrons. The summed E-state index contributed by atoms with van der Waals surface area (Å²) < 4.78 is 26.9. The van der Waals surface area contributed by atoms with Crippen molar-refractivity contribution in [2.45, 2.75) is 0 Å². The molecule has 0 aromatic heterocycles. The summed E-state index contributed by atoms with van der Waals surface area (Å²) >= 11 is 12.0. The normalized spacial score (nSPS) is 11.8. The molecule has 2 rings (SSSR count). The van der Waals surface area contributed by atoms with Crippen LogP contribution in [0.5, 0.6) is 0 Å². The number of benzene rings is 2. The van der Waals surface area contributed by atoms with E-state index in [-0.39, 0.29) is 15.6 Å². The van der Waals surface area contributed by atoms with Crippen molar-refractivity contribution < 1.29 is 8.42 Å². The third-order valence-electron chi connectivity index (χ3n) is 2.70. The third kappa shape index (κ3) is 3.80. The predicted molar refractivity (Wildman–Crippen MR) is 89.0 cm³/mol. The van der Waals surface area contributed by atoms with Gasteiger partial charge in [-0.25, -0.2) is 8.42 Å². The summed E-state index contributed by atoms with van der Waals surface area (Å²) in [4.78, 5) is -0.480. The summed E-state index contributed by atoms with van der Waals surface area (Å²) in [6.07, 6.45) is 1.15. The van der Waals surface area contributed by atoms with Gasteiger partial charge in [-0.05, 0) is 30.3 Å². The Morgan fingerprint density at radius 3 is 2.18 bits per heavy atom. The zero-order valence-electron chi connectivity index (χ0n) is 11.1. The summed E-state index contributed by atoms with van der Waals surface area (Å²) in [5, 5.41) is 9.68. The summed E-state index contributed by atoms with van der Waals surface area (Å²) in [5.41, 5.74) is 0.634. The second-order valence-electron chi connectivity index (χ2n) is 4.23. The largest absolute Gasteiger partial charge is 0.279 e. The van der Waals surface area contributed by atoms with Gasteiger partial charge in [-0.2, -0.15) is 5.26 Å². The van der Waals surface area contributed by atoms with Crippen LogP contribution in [0.25, 0.3) is 6.08 Å². The number of allylic oxidation sites excluding steroid dienone is 1. The van der Waals surface area contributed by atoms with Gasteiger partial charge in [0.15, 0.2) is 4.91 Å². The molecule has 22 heavy (non-hydrogen) atoms. The maximum Gasteiger partial charge on any atom is 0.272 e. The number of nitriles is 1. The molecule has 112 valence electrons. The fourth-order valence-electron chi connectivity index (χ4n) is 1.67. The van der Waals surface area contributed by atoms with E-state index in [0.29, 0.717) is 5.69 Å². The first-order valence-electron chi connectivity index (χ1n) is 6.08. The second kappa shape index (κ2) is 6.84. The van der Waals surface area contributed by atoms with E-state index in [1.807, 2.05) is 0 Å². The molecule has 0 saturated carbocycles. The Morgan fingerprint density at radius 2 is 1.64 bits per heavy atom. The SMILES string of the molecule is N#C/C(=C\c1c(Cl)cccc1Cl)S(=O)(=O)Nc1ccccc1. The predicted octanol–water partition coefficient (Wildman–Crippen LogP) is 4.30. The summed E-state index contributed by atoms with van der Waals surface area (Å²) in [5.74, 6) is 0. The van der Waals surface area contributed by atoms with Gasteiger partial charge in [-0.3, -0.25) is 4.72 Å².